The second kappa shape index (κ2) is 19.4. The van der Waals surface area contributed by atoms with Crippen LogP contribution in [0.4, 0.5) is 0 Å². The Morgan fingerprint density at radius 2 is 0.966 bits per heavy atom. The summed E-state index contributed by atoms with van der Waals surface area (Å²) in [5, 5.41) is 4.74. The van der Waals surface area contributed by atoms with E-state index < -0.39 is 16.6 Å². The van der Waals surface area contributed by atoms with Crippen molar-refractivity contribution in [2.75, 3.05) is 13.2 Å². The molecule has 0 radical (unpaired) electrons. The first-order valence-corrected chi connectivity index (χ1v) is 28.5. The van der Waals surface area contributed by atoms with Crippen LogP contribution < -0.4 is 0 Å². The molecule has 4 aromatic rings. The molecule has 0 N–H and O–H groups in total. The third kappa shape index (κ3) is 12.0. The minimum atomic E-state index is -1.78. The van der Waals surface area contributed by atoms with Crippen LogP contribution in [0.25, 0.3) is 11.1 Å². The van der Waals surface area contributed by atoms with Gasteiger partial charge in [0.1, 0.15) is 0 Å². The van der Waals surface area contributed by atoms with E-state index in [1.54, 1.807) is 0 Å². The monoisotopic (exact) mass is 934 g/mol. The molecule has 4 atom stereocenters. The van der Waals surface area contributed by atoms with Crippen molar-refractivity contribution in [1.82, 2.24) is 0 Å². The number of halogens is 6. The highest BCUT2D eigenvalue weighted by Crippen LogP contribution is 2.52. The van der Waals surface area contributed by atoms with Crippen LogP contribution in [0.1, 0.15) is 101 Å². The topological polar surface area (TPSA) is 18.5 Å². The molecule has 1 fully saturated rings. The van der Waals surface area contributed by atoms with Crippen LogP contribution in [0, 0.1) is 11.8 Å². The molecule has 2 aliphatic carbocycles. The number of hydrogen-bond acceptors (Lipinski definition) is 2. The standard InChI is InChI=1S/C24H31Cl3OSi.C24H29Cl3OSi/c2*1-24(2,3)29(4,5)28-15-16-12-21(17-6-8-18(25)9-7-17)22(13-16)20-11-10-19(26)14-23(20)27/h6-11,14,16,21-22H,12-13,15H2,1-5H3;6-11,14,16H,12-13,15H2,1-5H3/t16?,21-,22+;/m1./s1. The average Bonchev–Trinajstić information content (AvgIpc) is 3.75. The van der Waals surface area contributed by atoms with Crippen molar-refractivity contribution >= 4 is 97.4 Å². The van der Waals surface area contributed by atoms with Crippen LogP contribution in [-0.2, 0) is 8.85 Å². The number of rotatable bonds is 10. The molecule has 0 heterocycles. The van der Waals surface area contributed by atoms with Gasteiger partial charge >= 0.3 is 0 Å². The van der Waals surface area contributed by atoms with Crippen molar-refractivity contribution in [3.8, 4) is 0 Å². The quantitative estimate of drug-likeness (QED) is 0.148. The van der Waals surface area contributed by atoms with E-state index in [2.05, 4.69) is 98.1 Å². The van der Waals surface area contributed by atoms with Crippen molar-refractivity contribution in [2.24, 2.45) is 11.8 Å². The van der Waals surface area contributed by atoms with Gasteiger partial charge in [-0.3, -0.25) is 0 Å². The molecule has 6 rings (SSSR count). The van der Waals surface area contributed by atoms with Gasteiger partial charge in [-0.1, -0.05) is 148 Å². The molecule has 0 aliphatic heterocycles. The van der Waals surface area contributed by atoms with Crippen LogP contribution in [0.2, 0.25) is 66.4 Å². The van der Waals surface area contributed by atoms with E-state index in [0.717, 1.165) is 59.5 Å². The van der Waals surface area contributed by atoms with Crippen molar-refractivity contribution < 1.29 is 8.85 Å². The molecule has 2 unspecified atom stereocenters. The first-order valence-electron chi connectivity index (χ1n) is 20.4. The molecule has 0 spiro atoms. The van der Waals surface area contributed by atoms with Crippen LogP contribution in [0.3, 0.4) is 0 Å². The zero-order valence-electron chi connectivity index (χ0n) is 35.7. The maximum absolute atomic E-state index is 6.61. The summed E-state index contributed by atoms with van der Waals surface area (Å²) < 4.78 is 13.1. The highest BCUT2D eigenvalue weighted by atomic mass is 35.5. The molecule has 1 saturated carbocycles. The van der Waals surface area contributed by atoms with E-state index in [1.807, 2.05) is 54.6 Å². The molecular formula is C48H60Cl6O2Si2. The lowest BCUT2D eigenvalue weighted by molar-refractivity contribution is 0.228. The van der Waals surface area contributed by atoms with Gasteiger partial charge in [-0.25, -0.2) is 0 Å². The van der Waals surface area contributed by atoms with Gasteiger partial charge in [0.25, 0.3) is 0 Å². The maximum Gasteiger partial charge on any atom is 0.191 e. The van der Waals surface area contributed by atoms with E-state index in [4.69, 9.17) is 78.5 Å². The first-order chi connectivity index (χ1) is 27.0. The van der Waals surface area contributed by atoms with Gasteiger partial charge in [0.15, 0.2) is 16.6 Å². The SMILES string of the molecule is CC(C)(C)[Si](C)(C)OCC1CC(c2ccc(Cl)cc2)=C(c2ccc(Cl)cc2Cl)C1.CC(C)(C)[Si](C)(C)OCC1C[C@H](c2ccc(Cl)cc2)[C@H](c2ccc(Cl)cc2Cl)C1. The Hall–Kier alpha value is -1.29. The molecule has 10 heteroatoms. The zero-order chi connectivity index (χ0) is 42.8. The van der Waals surface area contributed by atoms with E-state index in [-0.39, 0.29) is 10.1 Å². The number of benzene rings is 4. The highest BCUT2D eigenvalue weighted by Gasteiger charge is 2.42. The van der Waals surface area contributed by atoms with Crippen molar-refractivity contribution in [1.29, 1.82) is 0 Å². The molecule has 0 aromatic heterocycles. The third-order valence-corrected chi connectivity index (χ3v) is 23.7. The third-order valence-electron chi connectivity index (χ3n) is 13.1. The summed E-state index contributed by atoms with van der Waals surface area (Å²) >= 11 is 37.7. The van der Waals surface area contributed by atoms with Gasteiger partial charge in [-0.15, -0.1) is 0 Å². The largest absolute Gasteiger partial charge is 0.417 e. The van der Waals surface area contributed by atoms with Crippen molar-refractivity contribution in [3.05, 3.63) is 137 Å². The van der Waals surface area contributed by atoms with Crippen LogP contribution in [-0.4, -0.2) is 29.8 Å². The summed E-state index contributed by atoms with van der Waals surface area (Å²) in [7, 11) is -3.54. The van der Waals surface area contributed by atoms with Gasteiger partial charge in [0.05, 0.1) is 0 Å². The smallest absolute Gasteiger partial charge is 0.191 e. The summed E-state index contributed by atoms with van der Waals surface area (Å²) in [6, 6.07) is 28.0. The molecule has 2 nitrogen and oxygen atoms in total. The molecule has 2 aliphatic rings. The Labute approximate surface area is 381 Å². The lowest BCUT2D eigenvalue weighted by Crippen LogP contribution is -2.41. The Morgan fingerprint density at radius 1 is 0.517 bits per heavy atom. The second-order valence-electron chi connectivity index (χ2n) is 19.3. The summed E-state index contributed by atoms with van der Waals surface area (Å²) in [6.07, 6.45) is 4.10. The fourth-order valence-electron chi connectivity index (χ4n) is 7.55. The number of hydrogen-bond donors (Lipinski definition) is 0. The zero-order valence-corrected chi connectivity index (χ0v) is 42.3. The van der Waals surface area contributed by atoms with Crippen LogP contribution in [0.15, 0.2) is 84.9 Å². The predicted octanol–water partition coefficient (Wildman–Crippen LogP) is 17.9. The average molecular weight is 938 g/mol. The predicted molar refractivity (Wildman–Crippen MR) is 260 cm³/mol. The minimum Gasteiger partial charge on any atom is -0.417 e. The summed E-state index contributed by atoms with van der Waals surface area (Å²) in [6.45, 7) is 24.6. The number of allylic oxidation sites excluding steroid dienone is 2. The van der Waals surface area contributed by atoms with Crippen molar-refractivity contribution in [2.45, 2.75) is 115 Å². The fourth-order valence-corrected chi connectivity index (χ4v) is 11.0. The molecule has 314 valence electrons. The lowest BCUT2D eigenvalue weighted by Gasteiger charge is -2.37. The molecule has 0 bridgehead atoms. The Kier molecular flexibility index (Phi) is 16.0. The van der Waals surface area contributed by atoms with Crippen molar-refractivity contribution in [3.63, 3.8) is 0 Å². The first kappa shape index (κ1) is 47.8. The summed E-state index contributed by atoms with van der Waals surface area (Å²) in [4.78, 5) is 0. The molecule has 0 saturated heterocycles. The van der Waals surface area contributed by atoms with Gasteiger partial charge in [-0.05, 0) is 168 Å². The molecule has 4 aromatic carbocycles. The van der Waals surface area contributed by atoms with Gasteiger partial charge < -0.3 is 8.85 Å². The lowest BCUT2D eigenvalue weighted by atomic mass is 9.84. The van der Waals surface area contributed by atoms with E-state index in [0.29, 0.717) is 38.7 Å². The van der Waals surface area contributed by atoms with E-state index in [1.165, 1.54) is 27.8 Å². The Morgan fingerprint density at radius 3 is 1.48 bits per heavy atom. The fraction of sp³-hybridized carbons (Fsp3) is 0.458. The minimum absolute atomic E-state index is 0.209. The van der Waals surface area contributed by atoms with E-state index >= 15 is 0 Å². The molecule has 0 amide bonds. The molecule has 58 heavy (non-hydrogen) atoms. The Balaban J connectivity index is 0.000000221. The highest BCUT2D eigenvalue weighted by molar-refractivity contribution is 6.74. The van der Waals surface area contributed by atoms with E-state index in [9.17, 15) is 0 Å². The van der Waals surface area contributed by atoms with Crippen LogP contribution >= 0.6 is 69.6 Å². The van der Waals surface area contributed by atoms with Crippen LogP contribution in [0.5, 0.6) is 0 Å². The second-order valence-corrected chi connectivity index (χ2v) is 31.5. The Bertz CT molecular complexity index is 2020. The van der Waals surface area contributed by atoms with Gasteiger partial charge in [-0.2, -0.15) is 0 Å². The van der Waals surface area contributed by atoms with Gasteiger partial charge in [0.2, 0.25) is 0 Å². The van der Waals surface area contributed by atoms with Gasteiger partial charge in [0, 0.05) is 43.3 Å². The normalized spacial score (nSPS) is 20.3. The summed E-state index contributed by atoms with van der Waals surface area (Å²) in [5.74, 6) is 1.71. The molecular weight excluding hydrogens is 877 g/mol. The summed E-state index contributed by atoms with van der Waals surface area (Å²) in [5.41, 5.74) is 7.39. The maximum atomic E-state index is 6.61.